The molecule has 2 N–H and O–H groups in total. The minimum Gasteiger partial charge on any atom is -0.516 e. The number of allylic oxidation sites excluding steroid dienone is 1. The van der Waals surface area contributed by atoms with E-state index in [1.54, 1.807) is 6.08 Å². The van der Waals surface area contributed by atoms with Gasteiger partial charge in [-0.05, 0) is 26.2 Å². The van der Waals surface area contributed by atoms with Crippen LogP contribution < -0.4 is 0 Å². The molecule has 2 nitrogen and oxygen atoms in total. The summed E-state index contributed by atoms with van der Waals surface area (Å²) in [7, 11) is 0. The topological polar surface area (TPSA) is 40.5 Å². The van der Waals surface area contributed by atoms with Gasteiger partial charge in [-0.15, -0.1) is 0 Å². The van der Waals surface area contributed by atoms with Crippen molar-refractivity contribution in [3.8, 4) is 0 Å². The molecule has 0 aromatic rings. The summed E-state index contributed by atoms with van der Waals surface area (Å²) in [5.74, 6) is 0. The number of hydrogen-bond donors (Lipinski definition) is 2. The van der Waals surface area contributed by atoms with Gasteiger partial charge in [0.1, 0.15) is 0 Å². The minimum absolute atomic E-state index is 0.151. The molecule has 0 aromatic heterocycles. The maximum Gasteiger partial charge on any atom is 0.0751 e. The van der Waals surface area contributed by atoms with Crippen LogP contribution in [-0.2, 0) is 0 Å². The van der Waals surface area contributed by atoms with Gasteiger partial charge in [0.2, 0.25) is 0 Å². The molecule has 0 aliphatic carbocycles. The quantitative estimate of drug-likeness (QED) is 0.458. The molecule has 0 saturated heterocycles. The highest BCUT2D eigenvalue weighted by Gasteiger charge is 1.94. The van der Waals surface area contributed by atoms with E-state index in [0.717, 1.165) is 31.9 Å². The highest BCUT2D eigenvalue weighted by Crippen LogP contribution is 2.07. The third-order valence-electron chi connectivity index (χ3n) is 1.85. The maximum absolute atomic E-state index is 8.95. The highest BCUT2D eigenvalue weighted by atomic mass is 16.3. The van der Waals surface area contributed by atoms with Crippen LogP contribution in [0.2, 0.25) is 0 Å². The van der Waals surface area contributed by atoms with Crippen molar-refractivity contribution < 1.29 is 10.2 Å². The van der Waals surface area contributed by atoms with E-state index in [9.17, 15) is 0 Å². The van der Waals surface area contributed by atoms with E-state index >= 15 is 0 Å². The smallest absolute Gasteiger partial charge is 0.0751 e. The lowest BCUT2D eigenvalue weighted by atomic mass is 10.1. The first-order valence-corrected chi connectivity index (χ1v) is 4.74. The Balaban J connectivity index is 2.91. The number of hydrogen-bond acceptors (Lipinski definition) is 2. The molecule has 0 fully saturated rings. The number of unbranched alkanes of at least 4 members (excludes halogenated alkanes) is 4. The Labute approximate surface area is 74.9 Å². The predicted molar refractivity (Wildman–Crippen MR) is 51.2 cm³/mol. The average Bonchev–Trinajstić information content (AvgIpc) is 2.02. The Morgan fingerprint density at radius 1 is 1.17 bits per heavy atom. The molecule has 0 aromatic carbocycles. The molecule has 1 atom stereocenters. The van der Waals surface area contributed by atoms with Crippen molar-refractivity contribution in [1.82, 2.24) is 0 Å². The molecule has 0 aliphatic rings. The van der Waals surface area contributed by atoms with Gasteiger partial charge >= 0.3 is 0 Å². The molecule has 0 bridgehead atoms. The van der Waals surface area contributed by atoms with Crippen LogP contribution in [0.1, 0.15) is 45.4 Å². The fourth-order valence-corrected chi connectivity index (χ4v) is 1.13. The van der Waals surface area contributed by atoms with Gasteiger partial charge in [0.05, 0.1) is 12.4 Å². The standard InChI is InChI=1S/C10H20O2/c1-10(12)8-6-4-2-3-5-7-9-11/h7,9-12H,2-6,8H2,1H3. The number of aliphatic hydroxyl groups excluding tert-OH is 2. The normalized spacial score (nSPS) is 13.8. The molecule has 72 valence electrons. The first kappa shape index (κ1) is 11.5. The van der Waals surface area contributed by atoms with Crippen LogP contribution in [0.25, 0.3) is 0 Å². The molecular weight excluding hydrogens is 152 g/mol. The van der Waals surface area contributed by atoms with Crippen LogP contribution in [0, 0.1) is 0 Å². The zero-order valence-corrected chi connectivity index (χ0v) is 7.87. The molecular formula is C10H20O2. The highest BCUT2D eigenvalue weighted by molar-refractivity contribution is 4.70. The second-order valence-electron chi connectivity index (χ2n) is 3.23. The molecule has 12 heavy (non-hydrogen) atoms. The first-order chi connectivity index (χ1) is 5.77. The first-order valence-electron chi connectivity index (χ1n) is 4.74. The van der Waals surface area contributed by atoms with Gasteiger partial charge in [-0.2, -0.15) is 0 Å². The fraction of sp³-hybridized carbons (Fsp3) is 0.800. The molecule has 0 aliphatic heterocycles. The van der Waals surface area contributed by atoms with E-state index in [2.05, 4.69) is 0 Å². The zero-order valence-electron chi connectivity index (χ0n) is 7.87. The van der Waals surface area contributed by atoms with Crippen molar-refractivity contribution in [2.75, 3.05) is 0 Å². The summed E-state index contributed by atoms with van der Waals surface area (Å²) in [6.07, 6.45) is 9.23. The van der Waals surface area contributed by atoms with Crippen LogP contribution in [-0.4, -0.2) is 16.3 Å². The lowest BCUT2D eigenvalue weighted by molar-refractivity contribution is 0.180. The lowest BCUT2D eigenvalue weighted by Crippen LogP contribution is -1.97. The summed E-state index contributed by atoms with van der Waals surface area (Å²) in [5.41, 5.74) is 0. The summed E-state index contributed by atoms with van der Waals surface area (Å²) in [4.78, 5) is 0. The SMILES string of the molecule is CC(O)CCCCCCC=CO. The van der Waals surface area contributed by atoms with E-state index < -0.39 is 0 Å². The monoisotopic (exact) mass is 172 g/mol. The van der Waals surface area contributed by atoms with Gasteiger partial charge < -0.3 is 10.2 Å². The van der Waals surface area contributed by atoms with E-state index in [0.29, 0.717) is 0 Å². The van der Waals surface area contributed by atoms with E-state index in [1.807, 2.05) is 6.92 Å². The van der Waals surface area contributed by atoms with Crippen molar-refractivity contribution in [1.29, 1.82) is 0 Å². The lowest BCUT2D eigenvalue weighted by Gasteiger charge is -2.02. The fourth-order valence-electron chi connectivity index (χ4n) is 1.13. The molecule has 0 saturated carbocycles. The van der Waals surface area contributed by atoms with Crippen LogP contribution in [0.15, 0.2) is 12.3 Å². The predicted octanol–water partition coefficient (Wildman–Crippen LogP) is 2.78. The summed E-state index contributed by atoms with van der Waals surface area (Å²) in [5, 5.41) is 17.3. The van der Waals surface area contributed by atoms with Gasteiger partial charge in [-0.25, -0.2) is 0 Å². The molecule has 0 heterocycles. The van der Waals surface area contributed by atoms with Crippen molar-refractivity contribution in [2.45, 2.75) is 51.6 Å². The maximum atomic E-state index is 8.95. The van der Waals surface area contributed by atoms with Crippen molar-refractivity contribution >= 4 is 0 Å². The van der Waals surface area contributed by atoms with E-state index in [4.69, 9.17) is 10.2 Å². The van der Waals surface area contributed by atoms with Gasteiger partial charge in [0, 0.05) is 0 Å². The average molecular weight is 172 g/mol. The zero-order chi connectivity index (χ0) is 9.23. The Bertz CT molecular complexity index is 108. The Hall–Kier alpha value is -0.500. The molecule has 0 spiro atoms. The van der Waals surface area contributed by atoms with Crippen molar-refractivity contribution in [2.24, 2.45) is 0 Å². The summed E-state index contributed by atoms with van der Waals surface area (Å²) in [6.45, 7) is 1.83. The van der Waals surface area contributed by atoms with Gasteiger partial charge in [0.25, 0.3) is 0 Å². The van der Waals surface area contributed by atoms with E-state index in [-0.39, 0.29) is 6.10 Å². The Morgan fingerprint density at radius 3 is 2.42 bits per heavy atom. The van der Waals surface area contributed by atoms with Crippen LogP contribution in [0.4, 0.5) is 0 Å². The van der Waals surface area contributed by atoms with Gasteiger partial charge in [-0.3, -0.25) is 0 Å². The second-order valence-corrected chi connectivity index (χ2v) is 3.23. The molecule has 0 amide bonds. The third-order valence-corrected chi connectivity index (χ3v) is 1.85. The third kappa shape index (κ3) is 9.50. The molecule has 2 heteroatoms. The van der Waals surface area contributed by atoms with Crippen LogP contribution in [0.5, 0.6) is 0 Å². The summed E-state index contributed by atoms with van der Waals surface area (Å²) >= 11 is 0. The minimum atomic E-state index is -0.151. The largest absolute Gasteiger partial charge is 0.516 e. The van der Waals surface area contributed by atoms with Crippen molar-refractivity contribution in [3.05, 3.63) is 12.3 Å². The second kappa shape index (κ2) is 8.60. The number of rotatable bonds is 7. The van der Waals surface area contributed by atoms with Crippen LogP contribution >= 0.6 is 0 Å². The Morgan fingerprint density at radius 2 is 1.83 bits per heavy atom. The summed E-state index contributed by atoms with van der Waals surface area (Å²) in [6, 6.07) is 0. The summed E-state index contributed by atoms with van der Waals surface area (Å²) < 4.78 is 0. The number of aliphatic hydroxyl groups is 2. The molecule has 0 radical (unpaired) electrons. The van der Waals surface area contributed by atoms with Gasteiger partial charge in [0.15, 0.2) is 0 Å². The van der Waals surface area contributed by atoms with Gasteiger partial charge in [-0.1, -0.05) is 25.3 Å². The van der Waals surface area contributed by atoms with Crippen molar-refractivity contribution in [3.63, 3.8) is 0 Å². The van der Waals surface area contributed by atoms with E-state index in [1.165, 1.54) is 12.8 Å². The molecule has 1 unspecified atom stereocenters. The molecule has 0 rings (SSSR count). The van der Waals surface area contributed by atoms with Crippen LogP contribution in [0.3, 0.4) is 0 Å². The Kier molecular flexibility index (Phi) is 8.24.